The molecule has 1 rings (SSSR count). The molecule has 0 aromatic heterocycles. The smallest absolute Gasteiger partial charge is 0.336 e. The molecule has 0 heterocycles. The molecule has 0 saturated heterocycles. The maximum absolute atomic E-state index is 12.1. The molecule has 0 radical (unpaired) electrons. The quantitative estimate of drug-likeness (QED) is 0.707. The van der Waals surface area contributed by atoms with Crippen molar-refractivity contribution in [3.8, 4) is 5.75 Å². The Labute approximate surface area is 117 Å². The van der Waals surface area contributed by atoms with E-state index in [1.165, 1.54) is 19.2 Å². The molecule has 0 aliphatic heterocycles. The summed E-state index contributed by atoms with van der Waals surface area (Å²) in [5.74, 6) is -0.737. The summed E-state index contributed by atoms with van der Waals surface area (Å²) in [6, 6.07) is 4.67. The minimum Gasteiger partial charge on any atom is -0.495 e. The molecular weight excluding hydrogens is 286 g/mol. The van der Waals surface area contributed by atoms with Crippen LogP contribution in [0.3, 0.4) is 0 Å². The first-order chi connectivity index (χ1) is 9.31. The van der Waals surface area contributed by atoms with Crippen LogP contribution in [0.4, 0.5) is 0 Å². The molecule has 1 aromatic carbocycles. The minimum atomic E-state index is -3.91. The first-order valence-corrected chi connectivity index (χ1v) is 7.20. The molecule has 1 unspecified atom stereocenters. The summed E-state index contributed by atoms with van der Waals surface area (Å²) in [4.78, 5) is 11.0. The van der Waals surface area contributed by atoms with Gasteiger partial charge >= 0.3 is 5.97 Å². The summed E-state index contributed by atoms with van der Waals surface area (Å²) < 4.78 is 35.7. The fraction of sp³-hybridized carbons (Fsp3) is 0.417. The van der Waals surface area contributed by atoms with Crippen LogP contribution in [-0.2, 0) is 19.6 Å². The molecular formula is C12H17NO6S. The lowest BCUT2D eigenvalue weighted by molar-refractivity contribution is -0.149. The monoisotopic (exact) mass is 303 g/mol. The molecule has 7 nitrogen and oxygen atoms in total. The van der Waals surface area contributed by atoms with E-state index < -0.39 is 28.6 Å². The number of methoxy groups -OCH3 is 2. The second kappa shape index (κ2) is 6.69. The third-order valence-corrected chi connectivity index (χ3v) is 3.99. The number of benzene rings is 1. The zero-order valence-corrected chi connectivity index (χ0v) is 12.2. The summed E-state index contributed by atoms with van der Waals surface area (Å²) in [7, 11) is -1.45. The Morgan fingerprint density at radius 2 is 2.05 bits per heavy atom. The van der Waals surface area contributed by atoms with Gasteiger partial charge in [0, 0.05) is 6.54 Å². The van der Waals surface area contributed by atoms with E-state index >= 15 is 0 Å². The van der Waals surface area contributed by atoms with Crippen LogP contribution in [0.2, 0.25) is 0 Å². The maximum atomic E-state index is 12.1. The molecule has 0 spiro atoms. The normalized spacial score (nSPS) is 12.8. The van der Waals surface area contributed by atoms with E-state index in [9.17, 15) is 18.3 Å². The van der Waals surface area contributed by atoms with Gasteiger partial charge in [0.15, 0.2) is 6.10 Å². The molecule has 0 amide bonds. The Morgan fingerprint density at radius 1 is 1.40 bits per heavy atom. The second-order valence-corrected chi connectivity index (χ2v) is 5.78. The molecule has 20 heavy (non-hydrogen) atoms. The zero-order chi connectivity index (χ0) is 15.3. The average Bonchev–Trinajstić information content (AvgIpc) is 2.43. The van der Waals surface area contributed by atoms with Gasteiger partial charge in [-0.3, -0.25) is 0 Å². The van der Waals surface area contributed by atoms with E-state index in [4.69, 9.17) is 4.74 Å². The lowest BCUT2D eigenvalue weighted by atomic mass is 10.2. The summed E-state index contributed by atoms with van der Waals surface area (Å²) in [5, 5.41) is 9.38. The fourth-order valence-electron chi connectivity index (χ4n) is 1.48. The number of hydrogen-bond acceptors (Lipinski definition) is 6. The largest absolute Gasteiger partial charge is 0.495 e. The van der Waals surface area contributed by atoms with Gasteiger partial charge in [-0.25, -0.2) is 17.9 Å². The second-order valence-electron chi connectivity index (χ2n) is 4.05. The highest BCUT2D eigenvalue weighted by Gasteiger charge is 2.23. The standard InChI is InChI=1S/C12H17NO6S/c1-8-4-5-10(18-2)11(6-8)20(16,17)13-7-9(14)12(15)19-3/h4-6,9,13-14H,7H2,1-3H3. The first kappa shape index (κ1) is 16.4. The molecule has 8 heteroatoms. The van der Waals surface area contributed by atoms with Gasteiger partial charge in [-0.2, -0.15) is 0 Å². The SMILES string of the molecule is COC(=O)C(O)CNS(=O)(=O)c1cc(C)ccc1OC. The van der Waals surface area contributed by atoms with Crippen LogP contribution in [0.1, 0.15) is 5.56 Å². The number of carbonyl (C=O) groups excluding carboxylic acids is 1. The molecule has 0 aliphatic rings. The number of aliphatic hydroxyl groups excluding tert-OH is 1. The Bertz CT molecular complexity index is 584. The van der Waals surface area contributed by atoms with E-state index in [0.717, 1.165) is 12.7 Å². The highest BCUT2D eigenvalue weighted by atomic mass is 32.2. The van der Waals surface area contributed by atoms with Crippen molar-refractivity contribution in [1.82, 2.24) is 4.72 Å². The van der Waals surface area contributed by atoms with Crippen molar-refractivity contribution < 1.29 is 27.8 Å². The van der Waals surface area contributed by atoms with E-state index in [1.54, 1.807) is 13.0 Å². The zero-order valence-electron chi connectivity index (χ0n) is 11.4. The number of aryl methyl sites for hydroxylation is 1. The Balaban J connectivity index is 2.94. The van der Waals surface area contributed by atoms with E-state index in [-0.39, 0.29) is 10.6 Å². The van der Waals surface area contributed by atoms with Crippen molar-refractivity contribution in [1.29, 1.82) is 0 Å². The molecule has 0 bridgehead atoms. The molecule has 1 atom stereocenters. The Kier molecular flexibility index (Phi) is 5.49. The van der Waals surface area contributed by atoms with E-state index in [1.807, 2.05) is 0 Å². The van der Waals surface area contributed by atoms with Gasteiger partial charge in [-0.05, 0) is 24.6 Å². The van der Waals surface area contributed by atoms with Crippen molar-refractivity contribution in [2.24, 2.45) is 0 Å². The summed E-state index contributed by atoms with van der Waals surface area (Å²) in [6.45, 7) is 1.26. The summed E-state index contributed by atoms with van der Waals surface area (Å²) >= 11 is 0. The van der Waals surface area contributed by atoms with Crippen molar-refractivity contribution >= 4 is 16.0 Å². The van der Waals surface area contributed by atoms with Gasteiger partial charge in [0.25, 0.3) is 0 Å². The number of esters is 1. The van der Waals surface area contributed by atoms with E-state index in [2.05, 4.69) is 9.46 Å². The highest BCUT2D eigenvalue weighted by Crippen LogP contribution is 2.24. The molecule has 1 aromatic rings. The number of ether oxygens (including phenoxy) is 2. The Morgan fingerprint density at radius 3 is 2.60 bits per heavy atom. The molecule has 0 aliphatic carbocycles. The van der Waals surface area contributed by atoms with Crippen LogP contribution < -0.4 is 9.46 Å². The molecule has 0 saturated carbocycles. The first-order valence-electron chi connectivity index (χ1n) is 5.72. The highest BCUT2D eigenvalue weighted by molar-refractivity contribution is 7.89. The predicted molar refractivity (Wildman–Crippen MR) is 70.9 cm³/mol. The number of carbonyl (C=O) groups is 1. The van der Waals surface area contributed by atoms with Crippen LogP contribution in [0, 0.1) is 6.92 Å². The average molecular weight is 303 g/mol. The Hall–Kier alpha value is -1.64. The number of sulfonamides is 1. The maximum Gasteiger partial charge on any atom is 0.336 e. The number of hydrogen-bond donors (Lipinski definition) is 2. The number of rotatable bonds is 6. The van der Waals surface area contributed by atoms with Crippen LogP contribution >= 0.6 is 0 Å². The molecule has 2 N–H and O–H groups in total. The topological polar surface area (TPSA) is 102 Å². The van der Waals surface area contributed by atoms with Gasteiger partial charge < -0.3 is 14.6 Å². The van der Waals surface area contributed by atoms with E-state index in [0.29, 0.717) is 0 Å². The third kappa shape index (κ3) is 3.92. The fourth-order valence-corrected chi connectivity index (χ4v) is 2.77. The van der Waals surface area contributed by atoms with Gasteiger partial charge in [0.05, 0.1) is 14.2 Å². The van der Waals surface area contributed by atoms with Crippen molar-refractivity contribution in [3.05, 3.63) is 23.8 Å². The predicted octanol–water partition coefficient (Wildman–Crippen LogP) is -0.184. The van der Waals surface area contributed by atoms with Crippen LogP contribution in [-0.4, -0.2) is 46.4 Å². The number of aliphatic hydroxyl groups is 1. The van der Waals surface area contributed by atoms with Gasteiger partial charge in [-0.15, -0.1) is 0 Å². The number of nitrogens with one attached hydrogen (secondary N) is 1. The van der Waals surface area contributed by atoms with Gasteiger partial charge in [0.2, 0.25) is 10.0 Å². The van der Waals surface area contributed by atoms with Crippen LogP contribution in [0.25, 0.3) is 0 Å². The van der Waals surface area contributed by atoms with Crippen LogP contribution in [0.15, 0.2) is 23.1 Å². The summed E-state index contributed by atoms with van der Waals surface area (Å²) in [6.07, 6.45) is -1.56. The van der Waals surface area contributed by atoms with Crippen molar-refractivity contribution in [3.63, 3.8) is 0 Å². The third-order valence-electron chi connectivity index (χ3n) is 2.55. The lowest BCUT2D eigenvalue weighted by Gasteiger charge is -2.13. The lowest BCUT2D eigenvalue weighted by Crippen LogP contribution is -2.37. The van der Waals surface area contributed by atoms with Crippen molar-refractivity contribution in [2.75, 3.05) is 20.8 Å². The van der Waals surface area contributed by atoms with Crippen molar-refractivity contribution in [2.45, 2.75) is 17.9 Å². The molecule has 112 valence electrons. The van der Waals surface area contributed by atoms with Gasteiger partial charge in [0.1, 0.15) is 10.6 Å². The van der Waals surface area contributed by atoms with Crippen LogP contribution in [0.5, 0.6) is 5.75 Å². The summed E-state index contributed by atoms with van der Waals surface area (Å²) in [5.41, 5.74) is 0.736. The van der Waals surface area contributed by atoms with Gasteiger partial charge in [-0.1, -0.05) is 6.07 Å². The molecule has 0 fully saturated rings. The minimum absolute atomic E-state index is 0.0583.